The Bertz CT molecular complexity index is 1140. The molecule has 0 aliphatic carbocycles. The van der Waals surface area contributed by atoms with Crippen LogP contribution in [0.3, 0.4) is 0 Å². The zero-order valence-electron chi connectivity index (χ0n) is 16.9. The topological polar surface area (TPSA) is 93.9 Å². The minimum atomic E-state index is -1.17. The van der Waals surface area contributed by atoms with Gasteiger partial charge in [-0.1, -0.05) is 18.2 Å². The number of ether oxygens (including phenoxy) is 2. The zero-order chi connectivity index (χ0) is 21.8. The summed E-state index contributed by atoms with van der Waals surface area (Å²) in [5, 5.41) is 13.5. The van der Waals surface area contributed by atoms with Gasteiger partial charge < -0.3 is 19.5 Å². The Morgan fingerprint density at radius 1 is 1.10 bits per heavy atom. The summed E-state index contributed by atoms with van der Waals surface area (Å²) in [4.78, 5) is 24.4. The molecule has 0 atom stereocenters. The Hall–Kier alpha value is -4.07. The fraction of sp³-hybridized carbons (Fsp3) is 0.174. The molecule has 1 amide bonds. The molecule has 1 aliphatic heterocycles. The van der Waals surface area contributed by atoms with E-state index in [0.29, 0.717) is 30.4 Å². The first kappa shape index (κ1) is 20.2. The molecule has 0 fully saturated rings. The van der Waals surface area contributed by atoms with E-state index in [1.807, 2.05) is 54.7 Å². The Morgan fingerprint density at radius 3 is 2.58 bits per heavy atom. The number of benzene rings is 2. The van der Waals surface area contributed by atoms with Crippen molar-refractivity contribution in [2.45, 2.75) is 6.54 Å². The molecule has 0 bridgehead atoms. The molecule has 8 nitrogen and oxygen atoms in total. The molecule has 0 spiro atoms. The van der Waals surface area contributed by atoms with Crippen molar-refractivity contribution in [3.8, 4) is 28.4 Å². The van der Waals surface area contributed by atoms with Crippen molar-refractivity contribution in [1.29, 1.82) is 0 Å². The van der Waals surface area contributed by atoms with Crippen LogP contribution < -0.4 is 9.47 Å². The number of likely N-dealkylation sites (N-methyl/N-ethyl adjacent to an activating group) is 1. The summed E-state index contributed by atoms with van der Waals surface area (Å²) in [6.07, 6.45) is 3.73. The molecule has 3 aromatic rings. The van der Waals surface area contributed by atoms with Crippen molar-refractivity contribution < 1.29 is 24.2 Å². The van der Waals surface area contributed by atoms with E-state index in [2.05, 4.69) is 0 Å². The first-order valence-electron chi connectivity index (χ1n) is 9.71. The summed E-state index contributed by atoms with van der Waals surface area (Å²) >= 11 is 0. The van der Waals surface area contributed by atoms with Crippen molar-refractivity contribution in [3.63, 3.8) is 0 Å². The predicted octanol–water partition coefficient (Wildman–Crippen LogP) is 2.91. The lowest BCUT2D eigenvalue weighted by Crippen LogP contribution is -2.24. The lowest BCUT2D eigenvalue weighted by atomic mass is 10.1. The highest BCUT2D eigenvalue weighted by Gasteiger charge is 2.19. The molecule has 2 heterocycles. The first-order valence-corrected chi connectivity index (χ1v) is 9.71. The Labute approximate surface area is 178 Å². The fourth-order valence-electron chi connectivity index (χ4n) is 3.28. The molecule has 1 N–H and O–H groups in total. The Balaban J connectivity index is 1.70. The van der Waals surface area contributed by atoms with Gasteiger partial charge >= 0.3 is 5.97 Å². The van der Waals surface area contributed by atoms with Gasteiger partial charge in [0.1, 0.15) is 13.2 Å². The number of carboxylic acids is 1. The van der Waals surface area contributed by atoms with E-state index in [9.17, 15) is 9.59 Å². The van der Waals surface area contributed by atoms with Crippen LogP contribution in [0.2, 0.25) is 0 Å². The molecule has 1 aliphatic rings. The van der Waals surface area contributed by atoms with Crippen LogP contribution in [0, 0.1) is 0 Å². The number of para-hydroxylation sites is 1. The van der Waals surface area contributed by atoms with Gasteiger partial charge in [-0.05, 0) is 30.3 Å². The molecule has 158 valence electrons. The van der Waals surface area contributed by atoms with E-state index >= 15 is 0 Å². The summed E-state index contributed by atoms with van der Waals surface area (Å²) in [6.45, 7) is 1.24. The number of carbonyl (C=O) groups is 2. The molecule has 0 saturated carbocycles. The molecular weight excluding hydrogens is 398 g/mol. The van der Waals surface area contributed by atoms with E-state index in [4.69, 9.17) is 19.7 Å². The predicted molar refractivity (Wildman–Crippen MR) is 113 cm³/mol. The summed E-state index contributed by atoms with van der Waals surface area (Å²) in [7, 11) is 1.61. The van der Waals surface area contributed by atoms with Crippen molar-refractivity contribution in [2.75, 3.05) is 20.3 Å². The summed E-state index contributed by atoms with van der Waals surface area (Å²) in [5.41, 5.74) is 3.21. The van der Waals surface area contributed by atoms with E-state index in [0.717, 1.165) is 29.0 Å². The maximum Gasteiger partial charge on any atom is 0.328 e. The van der Waals surface area contributed by atoms with Gasteiger partial charge in [-0.15, -0.1) is 0 Å². The average Bonchev–Trinajstić information content (AvgIpc) is 3.21. The van der Waals surface area contributed by atoms with Gasteiger partial charge in [0.2, 0.25) is 5.91 Å². The number of fused-ring (bicyclic) bond motifs is 1. The molecular formula is C23H21N3O5. The number of nitrogens with zero attached hydrogens (tertiary/aromatic N) is 3. The molecule has 0 unspecified atom stereocenters. The van der Waals surface area contributed by atoms with Gasteiger partial charge in [-0.2, -0.15) is 5.10 Å². The van der Waals surface area contributed by atoms with Crippen LogP contribution in [0.15, 0.2) is 66.9 Å². The number of aliphatic carboxylic acids is 1. The minimum absolute atomic E-state index is 0.249. The van der Waals surface area contributed by atoms with Gasteiger partial charge in [-0.25, -0.2) is 9.48 Å². The first-order chi connectivity index (χ1) is 15.0. The number of rotatable bonds is 6. The maximum absolute atomic E-state index is 12.3. The number of hydrogen-bond acceptors (Lipinski definition) is 5. The fourth-order valence-corrected chi connectivity index (χ4v) is 3.28. The second-order valence-electron chi connectivity index (χ2n) is 7.01. The third-order valence-electron chi connectivity index (χ3n) is 4.78. The smallest absolute Gasteiger partial charge is 0.328 e. The quantitative estimate of drug-likeness (QED) is 0.618. The Kier molecular flexibility index (Phi) is 5.70. The lowest BCUT2D eigenvalue weighted by Gasteiger charge is -2.19. The Morgan fingerprint density at radius 2 is 1.84 bits per heavy atom. The number of aromatic nitrogens is 2. The summed E-state index contributed by atoms with van der Waals surface area (Å²) < 4.78 is 13.1. The van der Waals surface area contributed by atoms with Crippen LogP contribution in [-0.2, 0) is 16.1 Å². The normalized spacial score (nSPS) is 12.7. The monoisotopic (exact) mass is 419 g/mol. The van der Waals surface area contributed by atoms with E-state index in [1.165, 1.54) is 4.90 Å². The average molecular weight is 419 g/mol. The van der Waals surface area contributed by atoms with Gasteiger partial charge in [-0.3, -0.25) is 4.79 Å². The number of hydrogen-bond donors (Lipinski definition) is 1. The molecule has 0 radical (unpaired) electrons. The summed E-state index contributed by atoms with van der Waals surface area (Å²) in [5.74, 6) is -0.249. The van der Waals surface area contributed by atoms with Crippen LogP contribution >= 0.6 is 0 Å². The highest BCUT2D eigenvalue weighted by molar-refractivity contribution is 5.93. The van der Waals surface area contributed by atoms with Crippen LogP contribution in [0.4, 0.5) is 0 Å². The highest BCUT2D eigenvalue weighted by atomic mass is 16.6. The van der Waals surface area contributed by atoms with Crippen LogP contribution in [-0.4, -0.2) is 51.9 Å². The van der Waals surface area contributed by atoms with Crippen molar-refractivity contribution in [2.24, 2.45) is 0 Å². The third kappa shape index (κ3) is 4.58. The molecule has 2 aromatic carbocycles. The molecule has 31 heavy (non-hydrogen) atoms. The maximum atomic E-state index is 12.3. The van der Waals surface area contributed by atoms with E-state index in [1.54, 1.807) is 11.7 Å². The van der Waals surface area contributed by atoms with Gasteiger partial charge in [0.25, 0.3) is 0 Å². The highest BCUT2D eigenvalue weighted by Crippen LogP contribution is 2.35. The van der Waals surface area contributed by atoms with Gasteiger partial charge in [0.15, 0.2) is 11.5 Å². The lowest BCUT2D eigenvalue weighted by molar-refractivity contribution is -0.132. The standard InChI is InChI=1S/C23H21N3O5/c1-25(21(27)9-10-22(28)29)14-17-15-26(18-5-3-2-4-6-18)24-23(17)16-7-8-19-20(13-16)31-12-11-30-19/h2-10,13,15H,11-12,14H2,1H3,(H,28,29). The van der Waals surface area contributed by atoms with Crippen molar-refractivity contribution >= 4 is 11.9 Å². The number of carboxylic acid groups (broad SMARTS) is 1. The van der Waals surface area contributed by atoms with E-state index < -0.39 is 11.9 Å². The SMILES string of the molecule is CN(Cc1cn(-c2ccccc2)nc1-c1ccc2c(c1)OCCO2)C(=O)C=CC(=O)O. The largest absolute Gasteiger partial charge is 0.486 e. The van der Waals surface area contributed by atoms with Crippen molar-refractivity contribution in [1.82, 2.24) is 14.7 Å². The van der Waals surface area contributed by atoms with Gasteiger partial charge in [0.05, 0.1) is 11.4 Å². The zero-order valence-corrected chi connectivity index (χ0v) is 16.9. The molecule has 8 heteroatoms. The minimum Gasteiger partial charge on any atom is -0.486 e. The number of amides is 1. The van der Waals surface area contributed by atoms with Crippen molar-refractivity contribution in [3.05, 3.63) is 72.4 Å². The molecule has 4 rings (SSSR count). The summed E-state index contributed by atoms with van der Waals surface area (Å²) in [6, 6.07) is 15.3. The van der Waals surface area contributed by atoms with Gasteiger partial charge in [0, 0.05) is 43.1 Å². The van der Waals surface area contributed by atoms with Crippen LogP contribution in [0.5, 0.6) is 11.5 Å². The second-order valence-corrected chi connectivity index (χ2v) is 7.01. The third-order valence-corrected chi connectivity index (χ3v) is 4.78. The second kappa shape index (κ2) is 8.74. The van der Waals surface area contributed by atoms with Crippen LogP contribution in [0.1, 0.15) is 5.56 Å². The number of carbonyl (C=O) groups excluding carboxylic acids is 1. The van der Waals surface area contributed by atoms with E-state index in [-0.39, 0.29) is 6.54 Å². The van der Waals surface area contributed by atoms with Crippen LogP contribution in [0.25, 0.3) is 16.9 Å². The molecule has 0 saturated heterocycles. The molecule has 1 aromatic heterocycles.